The van der Waals surface area contributed by atoms with Gasteiger partial charge >= 0.3 is 6.09 Å². The molecule has 1 unspecified atom stereocenters. The van der Waals surface area contributed by atoms with E-state index < -0.39 is 5.92 Å². The molecule has 1 aliphatic heterocycles. The first kappa shape index (κ1) is 18.8. The Morgan fingerprint density at radius 1 is 1.07 bits per heavy atom. The van der Waals surface area contributed by atoms with E-state index in [0.717, 1.165) is 0 Å². The Hall–Kier alpha value is -2.96. The van der Waals surface area contributed by atoms with Crippen LogP contribution in [0, 0.1) is 5.82 Å². The van der Waals surface area contributed by atoms with Crippen LogP contribution in [0.4, 0.5) is 9.18 Å². The van der Waals surface area contributed by atoms with Crippen molar-refractivity contribution in [2.24, 2.45) is 0 Å². The number of hydrogen-bond acceptors (Lipinski definition) is 4. The molecular formula is C20H22FN3O3. The summed E-state index contributed by atoms with van der Waals surface area (Å²) in [7, 11) is 0. The molecule has 0 bridgehead atoms. The molecule has 1 aromatic carbocycles. The topological polar surface area (TPSA) is 62.7 Å². The SMILES string of the molecule is CCOC(=O)N1CCN(C(=O)C(c2ccc(F)cc2)c2ccccn2)CC1. The molecule has 142 valence electrons. The molecule has 0 aliphatic carbocycles. The summed E-state index contributed by atoms with van der Waals surface area (Å²) in [5.41, 5.74) is 1.30. The van der Waals surface area contributed by atoms with Gasteiger partial charge in [0.05, 0.1) is 12.3 Å². The molecule has 0 N–H and O–H groups in total. The van der Waals surface area contributed by atoms with Gasteiger partial charge in [-0.25, -0.2) is 9.18 Å². The van der Waals surface area contributed by atoms with Crippen LogP contribution in [0.3, 0.4) is 0 Å². The fourth-order valence-corrected chi connectivity index (χ4v) is 3.15. The summed E-state index contributed by atoms with van der Waals surface area (Å²) in [5, 5.41) is 0. The minimum Gasteiger partial charge on any atom is -0.450 e. The Bertz CT molecular complexity index is 775. The summed E-state index contributed by atoms with van der Waals surface area (Å²) >= 11 is 0. The number of amides is 2. The molecule has 1 saturated heterocycles. The molecule has 2 heterocycles. The fourth-order valence-electron chi connectivity index (χ4n) is 3.15. The largest absolute Gasteiger partial charge is 0.450 e. The zero-order valence-corrected chi connectivity index (χ0v) is 15.2. The van der Waals surface area contributed by atoms with Crippen LogP contribution < -0.4 is 0 Å². The van der Waals surface area contributed by atoms with Gasteiger partial charge in [0.25, 0.3) is 0 Å². The summed E-state index contributed by atoms with van der Waals surface area (Å²) in [6.07, 6.45) is 1.28. The van der Waals surface area contributed by atoms with Crippen LogP contribution in [0.5, 0.6) is 0 Å². The van der Waals surface area contributed by atoms with Crippen molar-refractivity contribution < 1.29 is 18.7 Å². The van der Waals surface area contributed by atoms with Crippen molar-refractivity contribution in [2.75, 3.05) is 32.8 Å². The van der Waals surface area contributed by atoms with Crippen LogP contribution >= 0.6 is 0 Å². The van der Waals surface area contributed by atoms with E-state index in [1.165, 1.54) is 12.1 Å². The molecule has 3 rings (SSSR count). The van der Waals surface area contributed by atoms with Gasteiger partial charge in [-0.05, 0) is 36.8 Å². The van der Waals surface area contributed by atoms with Gasteiger partial charge in [0.2, 0.25) is 5.91 Å². The highest BCUT2D eigenvalue weighted by atomic mass is 19.1. The first-order valence-corrected chi connectivity index (χ1v) is 8.97. The Morgan fingerprint density at radius 3 is 2.33 bits per heavy atom. The summed E-state index contributed by atoms with van der Waals surface area (Å²) in [6.45, 7) is 3.76. The number of piperazine rings is 1. The number of carbonyl (C=O) groups is 2. The average Bonchev–Trinajstić information content (AvgIpc) is 2.71. The van der Waals surface area contributed by atoms with E-state index in [9.17, 15) is 14.0 Å². The second-order valence-electron chi connectivity index (χ2n) is 6.25. The number of ether oxygens (including phenoxy) is 1. The predicted molar refractivity (Wildman–Crippen MR) is 97.7 cm³/mol. The van der Waals surface area contributed by atoms with Crippen molar-refractivity contribution in [1.29, 1.82) is 0 Å². The van der Waals surface area contributed by atoms with E-state index in [2.05, 4.69) is 4.98 Å². The highest BCUT2D eigenvalue weighted by Gasteiger charge is 2.32. The molecule has 6 nitrogen and oxygen atoms in total. The van der Waals surface area contributed by atoms with Crippen LogP contribution in [-0.4, -0.2) is 59.6 Å². The zero-order valence-electron chi connectivity index (χ0n) is 15.2. The number of rotatable bonds is 4. The summed E-state index contributed by atoms with van der Waals surface area (Å²) in [6, 6.07) is 11.3. The van der Waals surface area contributed by atoms with E-state index in [4.69, 9.17) is 4.74 Å². The molecule has 1 aliphatic rings. The Labute approximate surface area is 157 Å². The van der Waals surface area contributed by atoms with Crippen molar-refractivity contribution in [3.63, 3.8) is 0 Å². The van der Waals surface area contributed by atoms with Crippen molar-refractivity contribution >= 4 is 12.0 Å². The monoisotopic (exact) mass is 371 g/mol. The lowest BCUT2D eigenvalue weighted by Gasteiger charge is -2.35. The second-order valence-corrected chi connectivity index (χ2v) is 6.25. The Balaban J connectivity index is 1.78. The molecule has 0 radical (unpaired) electrons. The van der Waals surface area contributed by atoms with Crippen LogP contribution in [0.25, 0.3) is 0 Å². The van der Waals surface area contributed by atoms with Gasteiger partial charge in [-0.15, -0.1) is 0 Å². The lowest BCUT2D eigenvalue weighted by Crippen LogP contribution is -2.51. The molecule has 1 atom stereocenters. The third kappa shape index (κ3) is 4.42. The van der Waals surface area contributed by atoms with Crippen molar-refractivity contribution in [3.05, 3.63) is 65.7 Å². The molecular weight excluding hydrogens is 349 g/mol. The van der Waals surface area contributed by atoms with E-state index >= 15 is 0 Å². The third-order valence-corrected chi connectivity index (χ3v) is 4.55. The number of pyridine rings is 1. The molecule has 27 heavy (non-hydrogen) atoms. The lowest BCUT2D eigenvalue weighted by atomic mass is 9.93. The number of halogens is 1. The van der Waals surface area contributed by atoms with Gasteiger partial charge in [0.1, 0.15) is 11.7 Å². The standard InChI is InChI=1S/C20H22FN3O3/c1-2-27-20(26)24-13-11-23(12-14-24)19(25)18(17-5-3-4-10-22-17)15-6-8-16(21)9-7-15/h3-10,18H,2,11-14H2,1H3. The summed E-state index contributed by atoms with van der Waals surface area (Å²) < 4.78 is 18.3. The van der Waals surface area contributed by atoms with E-state index in [1.54, 1.807) is 47.2 Å². The van der Waals surface area contributed by atoms with Crippen LogP contribution in [0.2, 0.25) is 0 Å². The van der Waals surface area contributed by atoms with Gasteiger partial charge < -0.3 is 14.5 Å². The van der Waals surface area contributed by atoms with E-state index in [1.807, 2.05) is 6.07 Å². The normalized spacial score (nSPS) is 15.3. The maximum absolute atomic E-state index is 13.3. The maximum Gasteiger partial charge on any atom is 0.409 e. The van der Waals surface area contributed by atoms with Crippen molar-refractivity contribution in [3.8, 4) is 0 Å². The molecule has 1 fully saturated rings. The Kier molecular flexibility index (Phi) is 6.01. The molecule has 1 aromatic heterocycles. The average molecular weight is 371 g/mol. The van der Waals surface area contributed by atoms with Gasteiger partial charge in [-0.1, -0.05) is 18.2 Å². The number of hydrogen-bond donors (Lipinski definition) is 0. The smallest absolute Gasteiger partial charge is 0.409 e. The predicted octanol–water partition coefficient (Wildman–Crippen LogP) is 2.65. The van der Waals surface area contributed by atoms with Crippen molar-refractivity contribution in [1.82, 2.24) is 14.8 Å². The van der Waals surface area contributed by atoms with Gasteiger partial charge in [-0.2, -0.15) is 0 Å². The highest BCUT2D eigenvalue weighted by molar-refractivity contribution is 5.87. The quantitative estimate of drug-likeness (QED) is 0.829. The first-order chi connectivity index (χ1) is 13.1. The van der Waals surface area contributed by atoms with Gasteiger partial charge in [0, 0.05) is 32.4 Å². The minimum atomic E-state index is -0.610. The molecule has 0 saturated carbocycles. The number of nitrogens with zero attached hydrogens (tertiary/aromatic N) is 3. The maximum atomic E-state index is 13.3. The summed E-state index contributed by atoms with van der Waals surface area (Å²) in [4.78, 5) is 32.7. The third-order valence-electron chi connectivity index (χ3n) is 4.55. The van der Waals surface area contributed by atoms with E-state index in [-0.39, 0.29) is 17.8 Å². The van der Waals surface area contributed by atoms with Crippen LogP contribution in [-0.2, 0) is 9.53 Å². The Morgan fingerprint density at radius 2 is 1.74 bits per heavy atom. The molecule has 2 amide bonds. The fraction of sp³-hybridized carbons (Fsp3) is 0.350. The zero-order chi connectivity index (χ0) is 19.2. The number of aromatic nitrogens is 1. The number of benzene rings is 1. The van der Waals surface area contributed by atoms with Gasteiger partial charge in [-0.3, -0.25) is 9.78 Å². The molecule has 2 aromatic rings. The first-order valence-electron chi connectivity index (χ1n) is 8.97. The highest BCUT2D eigenvalue weighted by Crippen LogP contribution is 2.26. The second kappa shape index (κ2) is 8.62. The summed E-state index contributed by atoms with van der Waals surface area (Å²) in [5.74, 6) is -1.07. The van der Waals surface area contributed by atoms with E-state index in [0.29, 0.717) is 44.0 Å². The minimum absolute atomic E-state index is 0.108. The number of carbonyl (C=O) groups excluding carboxylic acids is 2. The van der Waals surface area contributed by atoms with Crippen molar-refractivity contribution in [2.45, 2.75) is 12.8 Å². The lowest BCUT2D eigenvalue weighted by molar-refractivity contribution is -0.133. The molecule has 7 heteroatoms. The van der Waals surface area contributed by atoms with Crippen LogP contribution in [0.15, 0.2) is 48.7 Å². The molecule has 0 spiro atoms. The van der Waals surface area contributed by atoms with Gasteiger partial charge in [0.15, 0.2) is 0 Å². The van der Waals surface area contributed by atoms with Crippen LogP contribution in [0.1, 0.15) is 24.1 Å².